The Morgan fingerprint density at radius 2 is 2.18 bits per heavy atom. The van der Waals surface area contributed by atoms with Crippen LogP contribution in [0.1, 0.15) is 19.4 Å². The van der Waals surface area contributed by atoms with Crippen LogP contribution in [0.4, 0.5) is 0 Å². The molecule has 0 aliphatic carbocycles. The molecule has 2 rings (SSSR count). The van der Waals surface area contributed by atoms with Crippen molar-refractivity contribution >= 4 is 66.7 Å². The van der Waals surface area contributed by atoms with Crippen molar-refractivity contribution in [2.24, 2.45) is 4.99 Å². The lowest BCUT2D eigenvalue weighted by Gasteiger charge is -2.10. The summed E-state index contributed by atoms with van der Waals surface area (Å²) in [5.41, 5.74) is 0.748. The first-order chi connectivity index (χ1) is 10.4. The van der Waals surface area contributed by atoms with E-state index >= 15 is 0 Å². The Kier molecular flexibility index (Phi) is 5.82. The van der Waals surface area contributed by atoms with Crippen LogP contribution in [0.3, 0.4) is 0 Å². The minimum Gasteiger partial charge on any atom is -0.492 e. The van der Waals surface area contributed by atoms with Gasteiger partial charge in [-0.05, 0) is 52.8 Å². The van der Waals surface area contributed by atoms with E-state index in [0.29, 0.717) is 17.3 Å². The second-order valence-corrected chi connectivity index (χ2v) is 7.05. The molecular weight excluding hydrogens is 436 g/mol. The van der Waals surface area contributed by atoms with E-state index in [2.05, 4.69) is 42.2 Å². The highest BCUT2D eigenvalue weighted by molar-refractivity contribution is 9.11. The number of nitrogens with one attached hydrogen (secondary N) is 1. The average molecular weight is 448 g/mol. The molecule has 0 spiro atoms. The van der Waals surface area contributed by atoms with E-state index in [0.717, 1.165) is 26.3 Å². The molecule has 116 valence electrons. The molecule has 0 bridgehead atoms. The molecule has 8 heteroatoms. The number of ether oxygens (including phenoxy) is 1. The first kappa shape index (κ1) is 17.2. The molecule has 22 heavy (non-hydrogen) atoms. The lowest BCUT2D eigenvalue weighted by molar-refractivity contribution is -0.117. The summed E-state index contributed by atoms with van der Waals surface area (Å²) in [6, 6.07) is 3.73. The van der Waals surface area contributed by atoms with Crippen molar-refractivity contribution in [3.05, 3.63) is 31.5 Å². The topological polar surface area (TPSA) is 67.8 Å². The summed E-state index contributed by atoms with van der Waals surface area (Å²) in [5.74, 6) is 0.00683. The van der Waals surface area contributed by atoms with Crippen molar-refractivity contribution in [1.29, 1.82) is 0 Å². The normalized spacial score (nSPS) is 15.9. The molecule has 1 aromatic rings. The molecule has 0 saturated carbocycles. The summed E-state index contributed by atoms with van der Waals surface area (Å²) in [6.45, 7) is 3.76. The number of carbonyl (C=O) groups excluding carboxylic acids is 2. The first-order valence-corrected chi connectivity index (χ1v) is 8.73. The molecule has 0 atom stereocenters. The summed E-state index contributed by atoms with van der Waals surface area (Å²) in [4.78, 5) is 27.2. The van der Waals surface area contributed by atoms with E-state index in [9.17, 15) is 9.59 Å². The van der Waals surface area contributed by atoms with Gasteiger partial charge in [-0.25, -0.2) is 0 Å². The van der Waals surface area contributed by atoms with Crippen molar-refractivity contribution in [3.8, 4) is 5.75 Å². The van der Waals surface area contributed by atoms with Crippen LogP contribution >= 0.6 is 43.6 Å². The van der Waals surface area contributed by atoms with Gasteiger partial charge in [0.25, 0.3) is 5.91 Å². The number of nitrogens with zero attached hydrogens (tertiary/aromatic N) is 1. The van der Waals surface area contributed by atoms with Crippen molar-refractivity contribution in [1.82, 2.24) is 5.32 Å². The zero-order valence-corrected chi connectivity index (χ0v) is 15.8. The van der Waals surface area contributed by atoms with E-state index < -0.39 is 0 Å². The van der Waals surface area contributed by atoms with Crippen LogP contribution in [0.5, 0.6) is 5.75 Å². The SMILES string of the molecule is CCOc1c(Br)cc(Br)cc1/C=C1/SC(NC(C)=O)=NC1=O. The number of aliphatic imine (C=N–C) groups is 1. The van der Waals surface area contributed by atoms with Gasteiger partial charge < -0.3 is 10.1 Å². The molecule has 0 fully saturated rings. The largest absolute Gasteiger partial charge is 0.492 e. The predicted octanol–water partition coefficient (Wildman–Crippen LogP) is 3.72. The maximum Gasteiger partial charge on any atom is 0.286 e. The number of amides is 2. The lowest BCUT2D eigenvalue weighted by Crippen LogP contribution is -2.23. The maximum atomic E-state index is 11.9. The standard InChI is InChI=1S/C14H12Br2N2O3S/c1-3-21-12-8(4-9(15)6-10(12)16)5-11-13(20)18-14(22-11)17-7(2)19/h4-6H,3H2,1-2H3,(H,17,18,19,20)/b11-5+. The van der Waals surface area contributed by atoms with Crippen LogP contribution in [-0.2, 0) is 9.59 Å². The van der Waals surface area contributed by atoms with E-state index in [1.54, 1.807) is 6.08 Å². The Hall–Kier alpha value is -1.12. The van der Waals surface area contributed by atoms with E-state index in [1.807, 2.05) is 19.1 Å². The number of amidine groups is 1. The zero-order chi connectivity index (χ0) is 16.3. The van der Waals surface area contributed by atoms with Gasteiger partial charge in [0, 0.05) is 17.0 Å². The second kappa shape index (κ2) is 7.43. The number of benzene rings is 1. The third-order valence-corrected chi connectivity index (χ3v) is 4.46. The van der Waals surface area contributed by atoms with Gasteiger partial charge in [-0.3, -0.25) is 9.59 Å². The van der Waals surface area contributed by atoms with Gasteiger partial charge in [-0.2, -0.15) is 4.99 Å². The Morgan fingerprint density at radius 1 is 1.45 bits per heavy atom. The Balaban J connectivity index is 2.34. The maximum absolute atomic E-state index is 11.9. The Labute approximate surface area is 148 Å². The Morgan fingerprint density at radius 3 is 2.82 bits per heavy atom. The molecular formula is C14H12Br2N2O3S. The van der Waals surface area contributed by atoms with Crippen LogP contribution in [0.15, 0.2) is 31.0 Å². The summed E-state index contributed by atoms with van der Waals surface area (Å²) in [7, 11) is 0. The summed E-state index contributed by atoms with van der Waals surface area (Å²) in [5, 5.41) is 2.80. The van der Waals surface area contributed by atoms with Gasteiger partial charge in [0.15, 0.2) is 5.17 Å². The van der Waals surface area contributed by atoms with Crippen LogP contribution in [0.2, 0.25) is 0 Å². The molecule has 1 aliphatic heterocycles. The minimum atomic E-state index is -0.382. The average Bonchev–Trinajstić information content (AvgIpc) is 2.73. The first-order valence-electron chi connectivity index (χ1n) is 6.32. The van der Waals surface area contributed by atoms with Gasteiger partial charge in [0.1, 0.15) is 5.75 Å². The van der Waals surface area contributed by atoms with Crippen molar-refractivity contribution in [3.63, 3.8) is 0 Å². The molecule has 5 nitrogen and oxygen atoms in total. The lowest BCUT2D eigenvalue weighted by atomic mass is 10.2. The number of hydrogen-bond acceptors (Lipinski definition) is 4. The highest BCUT2D eigenvalue weighted by Gasteiger charge is 2.23. The number of thioether (sulfide) groups is 1. The molecule has 0 saturated heterocycles. The number of hydrogen-bond donors (Lipinski definition) is 1. The van der Waals surface area contributed by atoms with E-state index in [-0.39, 0.29) is 17.0 Å². The van der Waals surface area contributed by atoms with Crippen LogP contribution in [-0.4, -0.2) is 23.6 Å². The fourth-order valence-corrected chi connectivity index (χ4v) is 3.96. The molecule has 1 aliphatic rings. The third-order valence-electron chi connectivity index (χ3n) is 2.52. The highest BCUT2D eigenvalue weighted by atomic mass is 79.9. The summed E-state index contributed by atoms with van der Waals surface area (Å²) >= 11 is 7.99. The van der Waals surface area contributed by atoms with Gasteiger partial charge in [-0.15, -0.1) is 0 Å². The van der Waals surface area contributed by atoms with Gasteiger partial charge in [0.05, 0.1) is 16.0 Å². The molecule has 1 heterocycles. The quantitative estimate of drug-likeness (QED) is 0.717. The van der Waals surface area contributed by atoms with Crippen molar-refractivity contribution < 1.29 is 14.3 Å². The molecule has 0 radical (unpaired) electrons. The molecule has 1 N–H and O–H groups in total. The fraction of sp³-hybridized carbons (Fsp3) is 0.214. The van der Waals surface area contributed by atoms with Gasteiger partial charge in [-0.1, -0.05) is 15.9 Å². The highest BCUT2D eigenvalue weighted by Crippen LogP contribution is 2.36. The Bertz CT molecular complexity index is 702. The monoisotopic (exact) mass is 446 g/mol. The van der Waals surface area contributed by atoms with Crippen LogP contribution < -0.4 is 10.1 Å². The number of halogens is 2. The summed E-state index contributed by atoms with van der Waals surface area (Å²) < 4.78 is 7.26. The van der Waals surface area contributed by atoms with Crippen molar-refractivity contribution in [2.75, 3.05) is 6.61 Å². The van der Waals surface area contributed by atoms with Gasteiger partial charge in [0.2, 0.25) is 5.91 Å². The van der Waals surface area contributed by atoms with Gasteiger partial charge >= 0.3 is 0 Å². The van der Waals surface area contributed by atoms with E-state index in [4.69, 9.17) is 4.74 Å². The second-order valence-electron chi connectivity index (χ2n) is 4.25. The molecule has 1 aromatic carbocycles. The predicted molar refractivity (Wildman–Crippen MR) is 94.8 cm³/mol. The minimum absolute atomic E-state index is 0.263. The third kappa shape index (κ3) is 4.21. The number of carbonyl (C=O) groups is 2. The van der Waals surface area contributed by atoms with Crippen LogP contribution in [0.25, 0.3) is 6.08 Å². The molecule has 2 amide bonds. The van der Waals surface area contributed by atoms with Crippen molar-refractivity contribution in [2.45, 2.75) is 13.8 Å². The molecule has 0 unspecified atom stereocenters. The van der Waals surface area contributed by atoms with E-state index in [1.165, 1.54) is 6.92 Å². The number of rotatable bonds is 3. The summed E-state index contributed by atoms with van der Waals surface area (Å²) in [6.07, 6.45) is 1.70. The smallest absolute Gasteiger partial charge is 0.286 e. The van der Waals surface area contributed by atoms with Crippen LogP contribution in [0, 0.1) is 0 Å². The molecule has 0 aromatic heterocycles. The fourth-order valence-electron chi connectivity index (χ4n) is 1.74. The zero-order valence-electron chi connectivity index (χ0n) is 11.8.